The van der Waals surface area contributed by atoms with Crippen molar-refractivity contribution >= 4 is 59.4 Å². The lowest BCUT2D eigenvalue weighted by Gasteiger charge is -2.35. The minimum absolute atomic E-state index is 0.0920. The van der Waals surface area contributed by atoms with Crippen LogP contribution < -0.4 is 5.32 Å². The second kappa shape index (κ2) is 6.00. The van der Waals surface area contributed by atoms with Gasteiger partial charge in [0.05, 0.1) is 18.3 Å². The minimum atomic E-state index is -0.288. The van der Waals surface area contributed by atoms with Crippen LogP contribution in [0, 0.1) is 0 Å². The molecule has 0 aromatic heterocycles. The summed E-state index contributed by atoms with van der Waals surface area (Å²) in [6.07, 6.45) is -0.288. The molecule has 0 aliphatic carbocycles. The molecule has 1 aromatic carbocycles. The predicted molar refractivity (Wildman–Crippen MR) is 80.6 cm³/mol. The molecule has 1 aromatic rings. The molecule has 2 N–H and O–H groups in total. The van der Waals surface area contributed by atoms with Crippen molar-refractivity contribution < 1.29 is 9.90 Å². The number of amides is 1. The fraction of sp³-hybridized carbons (Fsp3) is 0.364. The zero-order chi connectivity index (χ0) is 13.3. The smallest absolute Gasteiger partial charge is 0.238 e. The summed E-state index contributed by atoms with van der Waals surface area (Å²) in [6.45, 7) is 1.43. The van der Waals surface area contributed by atoms with E-state index < -0.39 is 0 Å². The molecule has 0 unspecified atom stereocenters. The van der Waals surface area contributed by atoms with Crippen LogP contribution >= 0.6 is 47.8 Å². The van der Waals surface area contributed by atoms with Crippen molar-refractivity contribution in [2.45, 2.75) is 6.10 Å². The number of nitrogens with zero attached hydrogens (tertiary/aromatic N) is 1. The van der Waals surface area contributed by atoms with Crippen molar-refractivity contribution in [3.8, 4) is 0 Å². The Balaban J connectivity index is 1.98. The highest BCUT2D eigenvalue weighted by Gasteiger charge is 2.26. The summed E-state index contributed by atoms with van der Waals surface area (Å²) < 4.78 is 2.53. The van der Waals surface area contributed by atoms with Crippen molar-refractivity contribution in [2.75, 3.05) is 25.0 Å². The number of aliphatic hydroxyl groups excluding tert-OH is 1. The highest BCUT2D eigenvalue weighted by molar-refractivity contribution is 9.11. The molecule has 0 spiro atoms. The summed E-state index contributed by atoms with van der Waals surface area (Å²) in [5.74, 6) is -0.0920. The van der Waals surface area contributed by atoms with E-state index in [1.54, 1.807) is 0 Å². The number of halogens is 3. The predicted octanol–water partition coefficient (Wildman–Crippen LogP) is 2.59. The molecule has 18 heavy (non-hydrogen) atoms. The van der Waals surface area contributed by atoms with Gasteiger partial charge in [-0.1, -0.05) is 15.9 Å². The first-order valence-corrected chi connectivity index (χ1v) is 7.68. The highest BCUT2D eigenvalue weighted by atomic mass is 79.9. The quantitative estimate of drug-likeness (QED) is 0.756. The van der Waals surface area contributed by atoms with Gasteiger partial charge in [0.2, 0.25) is 5.91 Å². The molecule has 1 aliphatic heterocycles. The van der Waals surface area contributed by atoms with Crippen molar-refractivity contribution in [1.82, 2.24) is 4.90 Å². The second-order valence-electron chi connectivity index (χ2n) is 4.14. The van der Waals surface area contributed by atoms with E-state index in [-0.39, 0.29) is 12.0 Å². The maximum Gasteiger partial charge on any atom is 0.238 e. The van der Waals surface area contributed by atoms with E-state index >= 15 is 0 Å². The largest absolute Gasteiger partial charge is 0.390 e. The molecule has 1 fully saturated rings. The van der Waals surface area contributed by atoms with Gasteiger partial charge in [-0.3, -0.25) is 9.69 Å². The molecule has 0 atom stereocenters. The third-order valence-corrected chi connectivity index (χ3v) is 4.29. The normalized spacial score (nSPS) is 16.4. The van der Waals surface area contributed by atoms with Gasteiger partial charge in [0.15, 0.2) is 0 Å². The number of benzene rings is 1. The lowest BCUT2D eigenvalue weighted by molar-refractivity contribution is -0.119. The Hall–Kier alpha value is 0.0500. The Kier molecular flexibility index (Phi) is 4.82. The summed E-state index contributed by atoms with van der Waals surface area (Å²) in [6, 6.07) is 3.74. The standard InChI is InChI=1S/C11H11Br3N2O2/c12-6-1-8(13)11(9(14)2-6)15-10(18)5-16-3-7(17)4-16/h1-2,7,17H,3-5H2,(H,15,18). The molecular weight excluding hydrogens is 432 g/mol. The number of hydrogen-bond donors (Lipinski definition) is 2. The second-order valence-corrected chi connectivity index (χ2v) is 6.76. The topological polar surface area (TPSA) is 52.6 Å². The number of anilines is 1. The SMILES string of the molecule is O=C(CN1CC(O)C1)Nc1c(Br)cc(Br)cc1Br. The van der Waals surface area contributed by atoms with E-state index in [2.05, 4.69) is 53.1 Å². The van der Waals surface area contributed by atoms with Gasteiger partial charge in [0, 0.05) is 26.5 Å². The Bertz CT molecular complexity index is 452. The molecule has 4 nitrogen and oxygen atoms in total. The molecule has 7 heteroatoms. The zero-order valence-corrected chi connectivity index (χ0v) is 14.0. The number of likely N-dealkylation sites (tertiary alicyclic amines) is 1. The number of carbonyl (C=O) groups excluding carboxylic acids is 1. The van der Waals surface area contributed by atoms with Gasteiger partial charge < -0.3 is 10.4 Å². The third kappa shape index (κ3) is 3.54. The summed E-state index contributed by atoms with van der Waals surface area (Å²) >= 11 is 10.2. The van der Waals surface area contributed by atoms with Gasteiger partial charge in [0.1, 0.15) is 0 Å². The molecule has 98 valence electrons. The molecule has 1 amide bonds. The minimum Gasteiger partial charge on any atom is -0.390 e. The van der Waals surface area contributed by atoms with Crippen molar-refractivity contribution in [1.29, 1.82) is 0 Å². The van der Waals surface area contributed by atoms with Crippen molar-refractivity contribution in [3.05, 3.63) is 25.6 Å². The maximum absolute atomic E-state index is 11.8. The summed E-state index contributed by atoms with van der Waals surface area (Å²) in [5.41, 5.74) is 0.712. The highest BCUT2D eigenvalue weighted by Crippen LogP contribution is 2.34. The number of β-amino-alcohol motifs (C(OH)–C–C–N with tert-alkyl or cyclic N) is 1. The van der Waals surface area contributed by atoms with Gasteiger partial charge >= 0.3 is 0 Å². The molecule has 1 heterocycles. The zero-order valence-electron chi connectivity index (χ0n) is 9.29. The molecule has 2 rings (SSSR count). The average Bonchev–Trinajstić information content (AvgIpc) is 2.21. The Morgan fingerprint density at radius 2 is 1.89 bits per heavy atom. The Labute approximate surface area is 130 Å². The summed E-state index contributed by atoms with van der Waals surface area (Å²) in [4.78, 5) is 13.7. The Morgan fingerprint density at radius 3 is 2.39 bits per heavy atom. The van der Waals surface area contributed by atoms with Crippen LogP contribution in [0.3, 0.4) is 0 Å². The third-order valence-electron chi connectivity index (χ3n) is 2.58. The lowest BCUT2D eigenvalue weighted by Crippen LogP contribution is -2.53. The van der Waals surface area contributed by atoms with Gasteiger partial charge in [-0.25, -0.2) is 0 Å². The molecular formula is C11H11Br3N2O2. The number of hydrogen-bond acceptors (Lipinski definition) is 3. The fourth-order valence-corrected chi connectivity index (χ4v) is 4.17. The van der Waals surface area contributed by atoms with Gasteiger partial charge in [-0.2, -0.15) is 0 Å². The van der Waals surface area contributed by atoms with E-state index in [1.807, 2.05) is 17.0 Å². The monoisotopic (exact) mass is 440 g/mol. The van der Waals surface area contributed by atoms with Crippen molar-refractivity contribution in [3.63, 3.8) is 0 Å². The number of nitrogens with one attached hydrogen (secondary N) is 1. The van der Waals surface area contributed by atoms with E-state index in [4.69, 9.17) is 5.11 Å². The molecule has 0 radical (unpaired) electrons. The summed E-state index contributed by atoms with van der Waals surface area (Å²) in [5, 5.41) is 12.0. The molecule has 1 saturated heterocycles. The first kappa shape index (κ1) is 14.5. The first-order valence-electron chi connectivity index (χ1n) is 5.30. The van der Waals surface area contributed by atoms with Crippen LogP contribution in [-0.2, 0) is 4.79 Å². The van der Waals surface area contributed by atoms with Gasteiger partial charge in [-0.05, 0) is 44.0 Å². The van der Waals surface area contributed by atoms with Crippen LogP contribution in [0.4, 0.5) is 5.69 Å². The van der Waals surface area contributed by atoms with E-state index in [0.29, 0.717) is 25.3 Å². The van der Waals surface area contributed by atoms with Crippen LogP contribution in [0.15, 0.2) is 25.6 Å². The van der Waals surface area contributed by atoms with Crippen LogP contribution in [0.1, 0.15) is 0 Å². The number of aliphatic hydroxyl groups is 1. The fourth-order valence-electron chi connectivity index (χ4n) is 1.72. The van der Waals surface area contributed by atoms with E-state index in [0.717, 1.165) is 13.4 Å². The molecule has 1 aliphatic rings. The van der Waals surface area contributed by atoms with Crippen LogP contribution in [-0.4, -0.2) is 41.7 Å². The van der Waals surface area contributed by atoms with E-state index in [9.17, 15) is 4.79 Å². The van der Waals surface area contributed by atoms with E-state index in [1.165, 1.54) is 0 Å². The average molecular weight is 443 g/mol. The van der Waals surface area contributed by atoms with Crippen LogP contribution in [0.5, 0.6) is 0 Å². The Morgan fingerprint density at radius 1 is 1.33 bits per heavy atom. The number of carbonyl (C=O) groups is 1. The lowest BCUT2D eigenvalue weighted by atomic mass is 10.2. The van der Waals surface area contributed by atoms with Crippen LogP contribution in [0.25, 0.3) is 0 Å². The first-order chi connectivity index (χ1) is 8.45. The number of rotatable bonds is 3. The van der Waals surface area contributed by atoms with Gasteiger partial charge in [-0.15, -0.1) is 0 Å². The van der Waals surface area contributed by atoms with Crippen molar-refractivity contribution in [2.24, 2.45) is 0 Å². The summed E-state index contributed by atoms with van der Waals surface area (Å²) in [7, 11) is 0. The maximum atomic E-state index is 11.8. The molecule has 0 bridgehead atoms. The van der Waals surface area contributed by atoms with Gasteiger partial charge in [0.25, 0.3) is 0 Å². The molecule has 0 saturated carbocycles. The van der Waals surface area contributed by atoms with Crippen LogP contribution in [0.2, 0.25) is 0 Å².